The van der Waals surface area contributed by atoms with Gasteiger partial charge < -0.3 is 10.4 Å². The van der Waals surface area contributed by atoms with E-state index in [2.05, 4.69) is 17.2 Å². The monoisotopic (exact) mass is 226 g/mol. The number of aliphatic carboxylic acids is 1. The third-order valence-corrected chi connectivity index (χ3v) is 3.50. The van der Waals surface area contributed by atoms with E-state index in [-0.39, 0.29) is 6.42 Å². The van der Waals surface area contributed by atoms with Gasteiger partial charge in [-0.1, -0.05) is 6.92 Å². The number of nitrogens with zero attached hydrogens (tertiary/aromatic N) is 1. The standard InChI is InChI=1S/C10H14N2O2S/c1-10(2-3-10)6-11-9-12-7(5-15-9)4-8(13)14/h5H,2-4,6H2,1H3,(H,11,12)(H,13,14). The number of thiazole rings is 1. The zero-order chi connectivity index (χ0) is 10.9. The van der Waals surface area contributed by atoms with Crippen LogP contribution in [0.4, 0.5) is 5.13 Å². The second-order valence-corrected chi connectivity index (χ2v) is 5.24. The van der Waals surface area contributed by atoms with Crippen molar-refractivity contribution in [3.05, 3.63) is 11.1 Å². The van der Waals surface area contributed by atoms with Crippen molar-refractivity contribution < 1.29 is 9.90 Å². The summed E-state index contributed by atoms with van der Waals surface area (Å²) in [4.78, 5) is 14.7. The molecule has 1 aliphatic rings. The van der Waals surface area contributed by atoms with Crippen LogP contribution in [0.15, 0.2) is 5.38 Å². The fourth-order valence-corrected chi connectivity index (χ4v) is 2.01. The Morgan fingerprint density at radius 3 is 3.07 bits per heavy atom. The maximum atomic E-state index is 10.4. The highest BCUT2D eigenvalue weighted by Gasteiger charge is 2.36. The van der Waals surface area contributed by atoms with E-state index in [4.69, 9.17) is 5.11 Å². The molecule has 0 saturated heterocycles. The molecule has 0 amide bonds. The summed E-state index contributed by atoms with van der Waals surface area (Å²) in [7, 11) is 0. The topological polar surface area (TPSA) is 62.2 Å². The molecule has 1 aliphatic carbocycles. The maximum Gasteiger partial charge on any atom is 0.309 e. The summed E-state index contributed by atoms with van der Waals surface area (Å²) in [5.74, 6) is -0.832. The Kier molecular flexibility index (Phi) is 2.65. The van der Waals surface area contributed by atoms with E-state index in [9.17, 15) is 4.79 Å². The molecule has 1 aromatic heterocycles. The van der Waals surface area contributed by atoms with Crippen molar-refractivity contribution in [2.24, 2.45) is 5.41 Å². The third kappa shape index (κ3) is 2.92. The van der Waals surface area contributed by atoms with Crippen LogP contribution >= 0.6 is 11.3 Å². The first-order valence-corrected chi connectivity index (χ1v) is 5.85. The second-order valence-electron chi connectivity index (χ2n) is 4.38. The molecule has 0 atom stereocenters. The lowest BCUT2D eigenvalue weighted by Gasteiger charge is -2.07. The summed E-state index contributed by atoms with van der Waals surface area (Å²) in [5.41, 5.74) is 1.08. The van der Waals surface area contributed by atoms with E-state index in [1.807, 2.05) is 0 Å². The molecule has 0 aromatic carbocycles. The number of carbonyl (C=O) groups is 1. The Morgan fingerprint density at radius 1 is 1.73 bits per heavy atom. The van der Waals surface area contributed by atoms with Gasteiger partial charge in [-0.15, -0.1) is 11.3 Å². The van der Waals surface area contributed by atoms with Crippen LogP contribution in [0.1, 0.15) is 25.5 Å². The van der Waals surface area contributed by atoms with Gasteiger partial charge in [0.2, 0.25) is 0 Å². The summed E-state index contributed by atoms with van der Waals surface area (Å²) >= 11 is 1.47. The predicted molar refractivity (Wildman–Crippen MR) is 59.3 cm³/mol. The van der Waals surface area contributed by atoms with Gasteiger partial charge in [0.25, 0.3) is 0 Å². The largest absolute Gasteiger partial charge is 0.481 e. The second kappa shape index (κ2) is 3.81. The van der Waals surface area contributed by atoms with Crippen LogP contribution in [-0.4, -0.2) is 22.6 Å². The number of aromatic nitrogens is 1. The first-order valence-electron chi connectivity index (χ1n) is 4.97. The molecule has 1 fully saturated rings. The van der Waals surface area contributed by atoms with Crippen molar-refractivity contribution in [2.45, 2.75) is 26.2 Å². The first kappa shape index (κ1) is 10.4. The Labute approximate surface area is 92.3 Å². The van der Waals surface area contributed by atoms with Crippen molar-refractivity contribution in [2.75, 3.05) is 11.9 Å². The normalized spacial score (nSPS) is 17.4. The highest BCUT2D eigenvalue weighted by Crippen LogP contribution is 2.44. The van der Waals surface area contributed by atoms with Gasteiger partial charge in [0, 0.05) is 11.9 Å². The molecule has 5 heteroatoms. The number of hydrogen-bond donors (Lipinski definition) is 2. The minimum Gasteiger partial charge on any atom is -0.481 e. The minimum absolute atomic E-state index is 0.00937. The molecule has 1 heterocycles. The molecule has 0 radical (unpaired) electrons. The quantitative estimate of drug-likeness (QED) is 0.806. The molecular weight excluding hydrogens is 212 g/mol. The van der Waals surface area contributed by atoms with Gasteiger partial charge in [-0.05, 0) is 18.3 Å². The third-order valence-electron chi connectivity index (χ3n) is 2.65. The lowest BCUT2D eigenvalue weighted by molar-refractivity contribution is -0.136. The van der Waals surface area contributed by atoms with E-state index >= 15 is 0 Å². The van der Waals surface area contributed by atoms with Gasteiger partial charge in [0.1, 0.15) is 0 Å². The number of nitrogens with one attached hydrogen (secondary N) is 1. The van der Waals surface area contributed by atoms with Gasteiger partial charge in [-0.3, -0.25) is 4.79 Å². The Balaban J connectivity index is 1.86. The molecular formula is C10H14N2O2S. The van der Waals surface area contributed by atoms with Crippen LogP contribution in [0.2, 0.25) is 0 Å². The molecule has 1 aromatic rings. The van der Waals surface area contributed by atoms with Crippen molar-refractivity contribution in [1.82, 2.24) is 4.98 Å². The lowest BCUT2D eigenvalue weighted by atomic mass is 10.1. The van der Waals surface area contributed by atoms with E-state index < -0.39 is 5.97 Å². The molecule has 4 nitrogen and oxygen atoms in total. The molecule has 2 N–H and O–H groups in total. The smallest absolute Gasteiger partial charge is 0.309 e. The van der Waals surface area contributed by atoms with Gasteiger partial charge in [-0.2, -0.15) is 0 Å². The SMILES string of the molecule is CC1(CNc2nc(CC(=O)O)cs2)CC1. The van der Waals surface area contributed by atoms with Gasteiger partial charge in [0.05, 0.1) is 12.1 Å². The lowest BCUT2D eigenvalue weighted by Crippen LogP contribution is -2.11. The highest BCUT2D eigenvalue weighted by molar-refractivity contribution is 7.13. The fraction of sp³-hybridized carbons (Fsp3) is 0.600. The molecule has 82 valence electrons. The summed E-state index contributed by atoms with van der Waals surface area (Å²) in [6, 6.07) is 0. The van der Waals surface area contributed by atoms with Crippen LogP contribution in [0.3, 0.4) is 0 Å². The molecule has 0 unspecified atom stereocenters. The van der Waals surface area contributed by atoms with Crippen molar-refractivity contribution in [3.63, 3.8) is 0 Å². The van der Waals surface area contributed by atoms with Gasteiger partial charge in [-0.25, -0.2) is 4.98 Å². The summed E-state index contributed by atoms with van der Waals surface area (Å²) < 4.78 is 0. The average Bonchev–Trinajstić information content (AvgIpc) is 2.73. The van der Waals surface area contributed by atoms with E-state index in [0.717, 1.165) is 11.7 Å². The molecule has 0 spiro atoms. The van der Waals surface area contributed by atoms with Crippen molar-refractivity contribution in [3.8, 4) is 0 Å². The predicted octanol–water partition coefficient (Wildman–Crippen LogP) is 1.98. The summed E-state index contributed by atoms with van der Waals surface area (Å²) in [6.45, 7) is 3.18. The fourth-order valence-electron chi connectivity index (χ4n) is 1.30. The Hall–Kier alpha value is -1.10. The zero-order valence-corrected chi connectivity index (χ0v) is 9.43. The summed E-state index contributed by atoms with van der Waals surface area (Å²) in [5, 5.41) is 14.5. The molecule has 0 bridgehead atoms. The van der Waals surface area contributed by atoms with Gasteiger partial charge in [0.15, 0.2) is 5.13 Å². The first-order chi connectivity index (χ1) is 7.07. The van der Waals surface area contributed by atoms with E-state index in [1.165, 1.54) is 24.2 Å². The number of carboxylic acid groups (broad SMARTS) is 1. The van der Waals surface area contributed by atoms with Crippen LogP contribution in [0, 0.1) is 5.41 Å². The van der Waals surface area contributed by atoms with E-state index in [0.29, 0.717) is 11.1 Å². The highest BCUT2D eigenvalue weighted by atomic mass is 32.1. The minimum atomic E-state index is -0.832. The molecule has 2 rings (SSSR count). The Morgan fingerprint density at radius 2 is 2.47 bits per heavy atom. The van der Waals surface area contributed by atoms with Crippen LogP contribution in [0.5, 0.6) is 0 Å². The summed E-state index contributed by atoms with van der Waals surface area (Å²) in [6.07, 6.45) is 2.55. The number of rotatable bonds is 5. The number of hydrogen-bond acceptors (Lipinski definition) is 4. The van der Waals surface area contributed by atoms with Crippen LogP contribution < -0.4 is 5.32 Å². The van der Waals surface area contributed by atoms with Gasteiger partial charge >= 0.3 is 5.97 Å². The molecule has 0 aliphatic heterocycles. The van der Waals surface area contributed by atoms with Crippen molar-refractivity contribution >= 4 is 22.4 Å². The molecule has 1 saturated carbocycles. The van der Waals surface area contributed by atoms with Crippen LogP contribution in [-0.2, 0) is 11.2 Å². The van der Waals surface area contributed by atoms with Crippen molar-refractivity contribution in [1.29, 1.82) is 0 Å². The maximum absolute atomic E-state index is 10.4. The zero-order valence-electron chi connectivity index (χ0n) is 8.62. The molecule has 15 heavy (non-hydrogen) atoms. The van der Waals surface area contributed by atoms with E-state index in [1.54, 1.807) is 5.38 Å². The number of carboxylic acids is 1. The van der Waals surface area contributed by atoms with Crippen LogP contribution in [0.25, 0.3) is 0 Å². The number of anilines is 1. The Bertz CT molecular complexity index is 371. The average molecular weight is 226 g/mol.